The van der Waals surface area contributed by atoms with E-state index in [1.54, 1.807) is 30.3 Å². The number of nitrogens with zero attached hydrogens (tertiary/aromatic N) is 3. The Morgan fingerprint density at radius 2 is 1.96 bits per heavy atom. The Labute approximate surface area is 159 Å². The molecule has 0 aliphatic rings. The number of H-pyrrole nitrogens is 1. The van der Waals surface area contributed by atoms with E-state index in [2.05, 4.69) is 24.9 Å². The van der Waals surface area contributed by atoms with Gasteiger partial charge >= 0.3 is 0 Å². The molecule has 8 nitrogen and oxygen atoms in total. The number of aromatic amines is 1. The quantitative estimate of drug-likeness (QED) is 0.515. The second-order valence-corrected chi connectivity index (χ2v) is 6.35. The number of carbonyl (C=O) groups is 1. The van der Waals surface area contributed by atoms with Gasteiger partial charge in [-0.05, 0) is 34.9 Å². The lowest BCUT2D eigenvalue weighted by molar-refractivity contribution is 0.0921. The second kappa shape index (κ2) is 7.43. The highest BCUT2D eigenvalue weighted by Gasteiger charge is 2.11. The van der Waals surface area contributed by atoms with Gasteiger partial charge in [-0.25, -0.2) is 9.61 Å². The van der Waals surface area contributed by atoms with Gasteiger partial charge in [-0.2, -0.15) is 0 Å². The molecule has 140 valence electrons. The molecule has 8 heteroatoms. The van der Waals surface area contributed by atoms with Crippen LogP contribution in [0.25, 0.3) is 11.3 Å². The Balaban J connectivity index is 1.46. The predicted molar refractivity (Wildman–Crippen MR) is 100 cm³/mol. The van der Waals surface area contributed by atoms with Crippen molar-refractivity contribution in [2.75, 3.05) is 6.61 Å². The van der Waals surface area contributed by atoms with Gasteiger partial charge in [0, 0.05) is 12.0 Å². The standard InChI is InChI=1S/C20H16N4O4/c1-12-5-7-14(8-6-12)17(25)11-27-15-4-2-3-13(9-15)10-16-20(26)22-19-18(21-16)23-28-24-19/h2-9H,10-11H2,1H3,(H,22,24,26). The Bertz CT molecular complexity index is 1190. The van der Waals surface area contributed by atoms with Gasteiger partial charge in [0.15, 0.2) is 12.4 Å². The molecule has 2 heterocycles. The predicted octanol–water partition coefficient (Wildman–Crippen LogP) is 2.47. The van der Waals surface area contributed by atoms with E-state index in [1.165, 1.54) is 0 Å². The van der Waals surface area contributed by atoms with Crippen molar-refractivity contribution >= 4 is 17.1 Å². The normalized spacial score (nSPS) is 10.9. The third kappa shape index (κ3) is 3.80. The molecule has 0 aliphatic heterocycles. The molecule has 0 amide bonds. The first kappa shape index (κ1) is 17.6. The summed E-state index contributed by atoms with van der Waals surface area (Å²) >= 11 is 0. The lowest BCUT2D eigenvalue weighted by Crippen LogP contribution is -2.15. The molecule has 1 N–H and O–H groups in total. The van der Waals surface area contributed by atoms with E-state index >= 15 is 0 Å². The molecule has 28 heavy (non-hydrogen) atoms. The summed E-state index contributed by atoms with van der Waals surface area (Å²) < 4.78 is 10.2. The summed E-state index contributed by atoms with van der Waals surface area (Å²) in [6.07, 6.45) is 0.279. The fraction of sp³-hybridized carbons (Fsp3) is 0.150. The molecule has 0 saturated carbocycles. The number of nitrogens with one attached hydrogen (secondary N) is 1. The van der Waals surface area contributed by atoms with E-state index in [4.69, 9.17) is 4.74 Å². The summed E-state index contributed by atoms with van der Waals surface area (Å²) in [6.45, 7) is 1.90. The Hall–Kier alpha value is -3.81. The molecule has 2 aromatic carbocycles. The van der Waals surface area contributed by atoms with E-state index in [0.29, 0.717) is 11.3 Å². The largest absolute Gasteiger partial charge is 0.485 e. The fourth-order valence-corrected chi connectivity index (χ4v) is 2.72. The van der Waals surface area contributed by atoms with Gasteiger partial charge in [0.2, 0.25) is 11.3 Å². The minimum Gasteiger partial charge on any atom is -0.485 e. The number of hydrogen-bond donors (Lipinski definition) is 1. The molecule has 0 unspecified atom stereocenters. The molecule has 0 atom stereocenters. The number of hydrogen-bond acceptors (Lipinski definition) is 7. The van der Waals surface area contributed by atoms with E-state index in [9.17, 15) is 9.59 Å². The smallest absolute Gasteiger partial charge is 0.271 e. The first-order valence-corrected chi connectivity index (χ1v) is 8.61. The molecule has 0 bridgehead atoms. The maximum absolute atomic E-state index is 12.2. The summed E-state index contributed by atoms with van der Waals surface area (Å²) in [5.41, 5.74) is 2.89. The molecular formula is C20H16N4O4. The molecule has 0 fully saturated rings. The maximum Gasteiger partial charge on any atom is 0.271 e. The number of benzene rings is 2. The minimum absolute atomic E-state index is 0.0675. The van der Waals surface area contributed by atoms with Crippen molar-refractivity contribution in [1.82, 2.24) is 20.3 Å². The molecule has 4 aromatic rings. The van der Waals surface area contributed by atoms with Crippen molar-refractivity contribution in [1.29, 1.82) is 0 Å². The van der Waals surface area contributed by atoms with Crippen molar-refractivity contribution < 1.29 is 14.2 Å². The van der Waals surface area contributed by atoms with Gasteiger partial charge in [-0.3, -0.25) is 14.6 Å². The number of ether oxygens (including phenoxy) is 1. The van der Waals surface area contributed by atoms with E-state index in [-0.39, 0.29) is 41.4 Å². The van der Waals surface area contributed by atoms with E-state index in [1.807, 2.05) is 25.1 Å². The SMILES string of the molecule is Cc1ccc(C(=O)COc2cccc(Cc3nc4nonc4[nH]c3=O)c2)cc1. The van der Waals surface area contributed by atoms with Crippen molar-refractivity contribution in [3.8, 4) is 5.75 Å². The number of aryl methyl sites for hydroxylation is 1. The third-order valence-corrected chi connectivity index (χ3v) is 4.22. The highest BCUT2D eigenvalue weighted by atomic mass is 16.6. The average molecular weight is 376 g/mol. The molecule has 4 rings (SSSR count). The summed E-state index contributed by atoms with van der Waals surface area (Å²) in [4.78, 5) is 31.1. The number of ketones is 1. The van der Waals surface area contributed by atoms with Gasteiger partial charge in [-0.1, -0.05) is 42.0 Å². The van der Waals surface area contributed by atoms with Crippen LogP contribution in [0.4, 0.5) is 0 Å². The summed E-state index contributed by atoms with van der Waals surface area (Å²) in [6, 6.07) is 14.5. The van der Waals surface area contributed by atoms with Crippen LogP contribution < -0.4 is 10.3 Å². The summed E-state index contributed by atoms with van der Waals surface area (Å²) in [7, 11) is 0. The van der Waals surface area contributed by atoms with Crippen LogP contribution in [-0.4, -0.2) is 32.7 Å². The first-order chi connectivity index (χ1) is 13.6. The maximum atomic E-state index is 12.2. The molecule has 0 radical (unpaired) electrons. The van der Waals surface area contributed by atoms with Crippen molar-refractivity contribution in [3.63, 3.8) is 0 Å². The highest BCUT2D eigenvalue weighted by molar-refractivity contribution is 5.97. The zero-order chi connectivity index (χ0) is 19.5. The summed E-state index contributed by atoms with van der Waals surface area (Å²) in [5, 5.41) is 7.19. The van der Waals surface area contributed by atoms with Gasteiger partial charge in [0.05, 0.1) is 0 Å². The van der Waals surface area contributed by atoms with Gasteiger partial charge in [-0.15, -0.1) is 0 Å². The Kier molecular flexibility index (Phi) is 4.67. The number of rotatable bonds is 6. The van der Waals surface area contributed by atoms with Crippen LogP contribution in [-0.2, 0) is 6.42 Å². The van der Waals surface area contributed by atoms with Crippen molar-refractivity contribution in [2.24, 2.45) is 0 Å². The monoisotopic (exact) mass is 376 g/mol. The van der Waals surface area contributed by atoms with E-state index in [0.717, 1.165) is 11.1 Å². The fourth-order valence-electron chi connectivity index (χ4n) is 2.72. The Morgan fingerprint density at radius 3 is 2.79 bits per heavy atom. The van der Waals surface area contributed by atoms with Crippen LogP contribution in [0, 0.1) is 6.92 Å². The molecule has 2 aromatic heterocycles. The van der Waals surface area contributed by atoms with Crippen LogP contribution in [0.15, 0.2) is 58.0 Å². The van der Waals surface area contributed by atoms with Crippen LogP contribution >= 0.6 is 0 Å². The van der Waals surface area contributed by atoms with Crippen LogP contribution in [0.1, 0.15) is 27.2 Å². The first-order valence-electron chi connectivity index (χ1n) is 8.61. The molecule has 0 spiro atoms. The Morgan fingerprint density at radius 1 is 1.14 bits per heavy atom. The topological polar surface area (TPSA) is 111 Å². The van der Waals surface area contributed by atoms with Crippen LogP contribution in [0.2, 0.25) is 0 Å². The zero-order valence-electron chi connectivity index (χ0n) is 15.0. The second-order valence-electron chi connectivity index (χ2n) is 6.35. The van der Waals surface area contributed by atoms with Crippen molar-refractivity contribution in [2.45, 2.75) is 13.3 Å². The van der Waals surface area contributed by atoms with E-state index < -0.39 is 0 Å². The number of aromatic nitrogens is 4. The lowest BCUT2D eigenvalue weighted by atomic mass is 10.1. The lowest BCUT2D eigenvalue weighted by Gasteiger charge is -2.08. The average Bonchev–Trinajstić information content (AvgIpc) is 3.14. The van der Waals surface area contributed by atoms with Crippen LogP contribution in [0.5, 0.6) is 5.75 Å². The van der Waals surface area contributed by atoms with Gasteiger partial charge in [0.1, 0.15) is 11.4 Å². The number of Topliss-reactive ketones (excluding diaryl/α,β-unsaturated/α-hetero) is 1. The highest BCUT2D eigenvalue weighted by Crippen LogP contribution is 2.16. The van der Waals surface area contributed by atoms with Crippen molar-refractivity contribution in [3.05, 3.63) is 81.3 Å². The molecular weight excluding hydrogens is 360 g/mol. The summed E-state index contributed by atoms with van der Waals surface area (Å²) in [5.74, 6) is 0.436. The molecule has 0 aliphatic carbocycles. The third-order valence-electron chi connectivity index (χ3n) is 4.22. The van der Waals surface area contributed by atoms with Gasteiger partial charge in [0.25, 0.3) is 5.56 Å². The number of fused-ring (bicyclic) bond motifs is 1. The van der Waals surface area contributed by atoms with Gasteiger partial charge < -0.3 is 4.74 Å². The molecule has 0 saturated heterocycles. The van der Waals surface area contributed by atoms with Crippen LogP contribution in [0.3, 0.4) is 0 Å². The minimum atomic E-state index is -0.357. The zero-order valence-corrected chi connectivity index (χ0v) is 15.0. The number of carbonyl (C=O) groups excluding carboxylic acids is 1.